The fraction of sp³-hybridized carbons (Fsp3) is 0.429. The third kappa shape index (κ3) is 4.17. The van der Waals surface area contributed by atoms with Gasteiger partial charge in [-0.15, -0.1) is 0 Å². The molecule has 1 aromatic heterocycles. The summed E-state index contributed by atoms with van der Waals surface area (Å²) in [5, 5.41) is 4.04. The summed E-state index contributed by atoms with van der Waals surface area (Å²) in [4.78, 5) is 28.9. The van der Waals surface area contributed by atoms with Crippen molar-refractivity contribution < 1.29 is 22.8 Å². The monoisotopic (exact) mass is 422 g/mol. The summed E-state index contributed by atoms with van der Waals surface area (Å²) in [6.07, 6.45) is -2.46. The van der Waals surface area contributed by atoms with E-state index in [9.17, 15) is 22.8 Å². The fourth-order valence-electron chi connectivity index (χ4n) is 4.23. The molecule has 2 saturated heterocycles. The van der Waals surface area contributed by atoms with Crippen LogP contribution in [0.5, 0.6) is 0 Å². The number of rotatable bonds is 4. The Morgan fingerprint density at radius 2 is 2.07 bits per heavy atom. The van der Waals surface area contributed by atoms with Gasteiger partial charge in [0.25, 0.3) is 0 Å². The van der Waals surface area contributed by atoms with Crippen LogP contribution in [0.1, 0.15) is 42.0 Å². The maximum atomic E-state index is 13.1. The minimum Gasteiger partial charge on any atom is -0.338 e. The van der Waals surface area contributed by atoms with Crippen LogP contribution >= 0.6 is 11.3 Å². The van der Waals surface area contributed by atoms with Gasteiger partial charge in [-0.05, 0) is 52.9 Å². The summed E-state index contributed by atoms with van der Waals surface area (Å²) in [5.41, 5.74) is 0.814. The highest BCUT2D eigenvalue weighted by molar-refractivity contribution is 7.08. The minimum atomic E-state index is -4.42. The molecule has 0 saturated carbocycles. The molecule has 29 heavy (non-hydrogen) atoms. The Morgan fingerprint density at radius 3 is 2.79 bits per heavy atom. The molecule has 2 aromatic rings. The highest BCUT2D eigenvalue weighted by Gasteiger charge is 2.40. The number of nitrogens with zero attached hydrogens (tertiary/aromatic N) is 2. The molecule has 2 aliphatic rings. The Bertz CT molecular complexity index is 898. The van der Waals surface area contributed by atoms with Gasteiger partial charge in [0.15, 0.2) is 0 Å². The lowest BCUT2D eigenvalue weighted by Gasteiger charge is -2.27. The minimum absolute atomic E-state index is 0.0291. The molecule has 1 aromatic carbocycles. The first kappa shape index (κ1) is 19.9. The molecule has 0 N–H and O–H groups in total. The van der Waals surface area contributed by atoms with E-state index >= 15 is 0 Å². The zero-order valence-electron chi connectivity index (χ0n) is 15.7. The SMILES string of the molecule is O=C1C[C@H](C(=O)N2CCC[C@@H]2c2ccsc2)CN1Cc1cccc(C(F)(F)F)c1. The standard InChI is InChI=1S/C21H21F3N2O2S/c22-21(23,24)17-4-1-3-14(9-17)11-25-12-16(10-19(25)27)20(28)26-7-2-5-18(26)15-6-8-29-13-15/h1,3-4,6,8-9,13,16,18H,2,5,7,10-12H2/t16-,18+/m0/s1. The van der Waals surface area contributed by atoms with Crippen molar-refractivity contribution in [2.75, 3.05) is 13.1 Å². The number of carbonyl (C=O) groups is 2. The van der Waals surface area contributed by atoms with Crippen molar-refractivity contribution in [1.29, 1.82) is 0 Å². The summed E-state index contributed by atoms with van der Waals surface area (Å²) in [7, 11) is 0. The van der Waals surface area contributed by atoms with Crippen LogP contribution < -0.4 is 0 Å². The van der Waals surface area contributed by atoms with E-state index in [0.717, 1.165) is 30.5 Å². The van der Waals surface area contributed by atoms with Gasteiger partial charge in [0.2, 0.25) is 11.8 Å². The van der Waals surface area contributed by atoms with Crippen LogP contribution in [0.4, 0.5) is 13.2 Å². The highest BCUT2D eigenvalue weighted by atomic mass is 32.1. The second kappa shape index (κ2) is 7.82. The van der Waals surface area contributed by atoms with Crippen LogP contribution in [0.15, 0.2) is 41.1 Å². The Hall–Kier alpha value is -2.35. The summed E-state index contributed by atoms with van der Waals surface area (Å²) < 4.78 is 38.8. The van der Waals surface area contributed by atoms with Crippen molar-refractivity contribution in [1.82, 2.24) is 9.80 Å². The van der Waals surface area contributed by atoms with E-state index in [4.69, 9.17) is 0 Å². The molecular formula is C21H21F3N2O2S. The summed E-state index contributed by atoms with van der Waals surface area (Å²) >= 11 is 1.60. The zero-order chi connectivity index (χ0) is 20.6. The van der Waals surface area contributed by atoms with Crippen LogP contribution in [-0.4, -0.2) is 34.7 Å². The smallest absolute Gasteiger partial charge is 0.338 e. The number of thiophene rings is 1. The van der Waals surface area contributed by atoms with Gasteiger partial charge in [0.1, 0.15) is 0 Å². The van der Waals surface area contributed by atoms with Gasteiger partial charge < -0.3 is 9.80 Å². The van der Waals surface area contributed by atoms with Crippen LogP contribution in [0, 0.1) is 5.92 Å². The van der Waals surface area contributed by atoms with Crippen molar-refractivity contribution >= 4 is 23.2 Å². The quantitative estimate of drug-likeness (QED) is 0.729. The molecular weight excluding hydrogens is 401 g/mol. The third-order valence-corrected chi connectivity index (χ3v) is 6.36. The van der Waals surface area contributed by atoms with Gasteiger partial charge in [-0.25, -0.2) is 0 Å². The average molecular weight is 422 g/mol. The first-order valence-electron chi connectivity index (χ1n) is 9.59. The molecule has 2 fully saturated rings. The van der Waals surface area contributed by atoms with Gasteiger partial charge in [-0.3, -0.25) is 9.59 Å². The largest absolute Gasteiger partial charge is 0.416 e. The molecule has 2 aliphatic heterocycles. The number of likely N-dealkylation sites (tertiary alicyclic amines) is 2. The van der Waals surface area contributed by atoms with Crippen molar-refractivity contribution in [3.8, 4) is 0 Å². The van der Waals surface area contributed by atoms with Crippen LogP contribution in [0.3, 0.4) is 0 Å². The third-order valence-electron chi connectivity index (χ3n) is 5.66. The average Bonchev–Trinajstić information content (AvgIpc) is 3.42. The summed E-state index contributed by atoms with van der Waals surface area (Å²) in [6.45, 7) is 1.01. The number of hydrogen-bond acceptors (Lipinski definition) is 3. The van der Waals surface area contributed by atoms with Crippen molar-refractivity contribution in [3.05, 3.63) is 57.8 Å². The normalized spacial score (nSPS) is 22.5. The van der Waals surface area contributed by atoms with Gasteiger partial charge in [-0.1, -0.05) is 12.1 Å². The molecule has 8 heteroatoms. The maximum absolute atomic E-state index is 13.1. The Morgan fingerprint density at radius 1 is 1.24 bits per heavy atom. The number of hydrogen-bond donors (Lipinski definition) is 0. The van der Waals surface area contributed by atoms with E-state index in [1.165, 1.54) is 11.0 Å². The number of halogens is 3. The molecule has 0 radical (unpaired) electrons. The number of amides is 2. The lowest BCUT2D eigenvalue weighted by Crippen LogP contribution is -2.36. The fourth-order valence-corrected chi connectivity index (χ4v) is 4.94. The molecule has 2 atom stereocenters. The predicted molar refractivity (Wildman–Crippen MR) is 103 cm³/mol. The Labute approximate surface area is 170 Å². The van der Waals surface area contributed by atoms with Crippen LogP contribution in [0.25, 0.3) is 0 Å². The van der Waals surface area contributed by atoms with E-state index in [-0.39, 0.29) is 37.4 Å². The maximum Gasteiger partial charge on any atom is 0.416 e. The molecule has 0 spiro atoms. The summed E-state index contributed by atoms with van der Waals surface area (Å²) in [6, 6.07) is 7.08. The molecule has 4 nitrogen and oxygen atoms in total. The summed E-state index contributed by atoms with van der Waals surface area (Å²) in [5.74, 6) is -0.654. The molecule has 4 rings (SSSR count). The van der Waals surface area contributed by atoms with E-state index in [0.29, 0.717) is 12.1 Å². The lowest BCUT2D eigenvalue weighted by atomic mass is 10.0. The molecule has 0 unspecified atom stereocenters. The van der Waals surface area contributed by atoms with Gasteiger partial charge in [0.05, 0.1) is 17.5 Å². The first-order valence-corrected chi connectivity index (χ1v) is 10.5. The Balaban J connectivity index is 1.43. The van der Waals surface area contributed by atoms with Crippen LogP contribution in [0.2, 0.25) is 0 Å². The van der Waals surface area contributed by atoms with Gasteiger partial charge in [-0.2, -0.15) is 24.5 Å². The number of carbonyl (C=O) groups excluding carboxylic acids is 2. The van der Waals surface area contributed by atoms with E-state index in [1.807, 2.05) is 16.3 Å². The van der Waals surface area contributed by atoms with Crippen molar-refractivity contribution in [3.63, 3.8) is 0 Å². The van der Waals surface area contributed by atoms with E-state index in [1.54, 1.807) is 17.4 Å². The second-order valence-electron chi connectivity index (χ2n) is 7.62. The van der Waals surface area contributed by atoms with Gasteiger partial charge in [0, 0.05) is 26.1 Å². The zero-order valence-corrected chi connectivity index (χ0v) is 16.5. The highest BCUT2D eigenvalue weighted by Crippen LogP contribution is 2.36. The lowest BCUT2D eigenvalue weighted by molar-refractivity contribution is -0.138. The predicted octanol–water partition coefficient (Wildman–Crippen LogP) is 4.48. The van der Waals surface area contributed by atoms with E-state index in [2.05, 4.69) is 5.38 Å². The van der Waals surface area contributed by atoms with Gasteiger partial charge >= 0.3 is 6.18 Å². The van der Waals surface area contributed by atoms with Crippen molar-refractivity contribution in [2.45, 2.75) is 38.0 Å². The van der Waals surface area contributed by atoms with Crippen molar-refractivity contribution in [2.24, 2.45) is 5.92 Å². The molecule has 3 heterocycles. The topological polar surface area (TPSA) is 40.6 Å². The Kier molecular flexibility index (Phi) is 5.38. The first-order chi connectivity index (χ1) is 13.8. The van der Waals surface area contributed by atoms with Crippen LogP contribution in [-0.2, 0) is 22.3 Å². The van der Waals surface area contributed by atoms with E-state index < -0.39 is 17.7 Å². The molecule has 154 valence electrons. The molecule has 0 bridgehead atoms. The molecule has 0 aliphatic carbocycles. The number of alkyl halides is 3. The second-order valence-corrected chi connectivity index (χ2v) is 8.40. The number of benzene rings is 1. The molecule has 2 amide bonds.